The Bertz CT molecular complexity index is 691. The van der Waals surface area contributed by atoms with E-state index in [1.807, 2.05) is 30.3 Å². The largest absolute Gasteiger partial charge is 0.482 e. The lowest BCUT2D eigenvalue weighted by atomic mass is 10.2. The molecule has 0 unspecified atom stereocenters. The summed E-state index contributed by atoms with van der Waals surface area (Å²) in [7, 11) is 0. The molecular formula is C15H11Cl3N2O2. The first-order chi connectivity index (χ1) is 10.6. The third-order valence-corrected chi connectivity index (χ3v) is 3.55. The molecule has 0 aliphatic carbocycles. The van der Waals surface area contributed by atoms with Crippen molar-refractivity contribution in [3.05, 3.63) is 63.1 Å². The molecule has 4 nitrogen and oxygen atoms in total. The first-order valence-corrected chi connectivity index (χ1v) is 7.34. The van der Waals surface area contributed by atoms with Crippen LogP contribution in [-0.4, -0.2) is 18.7 Å². The monoisotopic (exact) mass is 356 g/mol. The Hall–Kier alpha value is -1.75. The number of carbonyl (C=O) groups is 1. The summed E-state index contributed by atoms with van der Waals surface area (Å²) < 4.78 is 5.28. The van der Waals surface area contributed by atoms with Gasteiger partial charge in [0.2, 0.25) is 0 Å². The molecule has 2 aromatic carbocycles. The van der Waals surface area contributed by atoms with Gasteiger partial charge >= 0.3 is 0 Å². The van der Waals surface area contributed by atoms with E-state index < -0.39 is 5.91 Å². The summed E-state index contributed by atoms with van der Waals surface area (Å²) in [5, 5.41) is 4.71. The zero-order chi connectivity index (χ0) is 15.9. The number of hydrogen-bond acceptors (Lipinski definition) is 3. The van der Waals surface area contributed by atoms with Crippen LogP contribution in [0, 0.1) is 0 Å². The molecule has 1 N–H and O–H groups in total. The van der Waals surface area contributed by atoms with Crippen LogP contribution in [0.15, 0.2) is 47.6 Å². The van der Waals surface area contributed by atoms with E-state index in [0.717, 1.165) is 5.56 Å². The summed E-state index contributed by atoms with van der Waals surface area (Å²) in [5.74, 6) is -0.146. The topological polar surface area (TPSA) is 50.7 Å². The van der Waals surface area contributed by atoms with Gasteiger partial charge in [-0.05, 0) is 11.6 Å². The Morgan fingerprint density at radius 3 is 2.50 bits per heavy atom. The second-order valence-electron chi connectivity index (χ2n) is 4.19. The number of carbonyl (C=O) groups excluding carboxylic acids is 1. The number of hydrazone groups is 1. The van der Waals surface area contributed by atoms with Crippen molar-refractivity contribution in [1.82, 2.24) is 5.43 Å². The molecule has 0 saturated heterocycles. The van der Waals surface area contributed by atoms with Crippen molar-refractivity contribution in [2.24, 2.45) is 5.10 Å². The molecule has 0 radical (unpaired) electrons. The van der Waals surface area contributed by atoms with Crippen LogP contribution in [0.1, 0.15) is 5.56 Å². The van der Waals surface area contributed by atoms with Crippen LogP contribution < -0.4 is 10.2 Å². The van der Waals surface area contributed by atoms with Gasteiger partial charge in [-0.25, -0.2) is 5.43 Å². The molecule has 0 bridgehead atoms. The predicted octanol–water partition coefficient (Wildman–Crippen LogP) is 4.18. The Morgan fingerprint density at radius 1 is 1.09 bits per heavy atom. The van der Waals surface area contributed by atoms with E-state index in [4.69, 9.17) is 39.5 Å². The minimum absolute atomic E-state index is 0.246. The van der Waals surface area contributed by atoms with Crippen molar-refractivity contribution in [3.63, 3.8) is 0 Å². The van der Waals surface area contributed by atoms with Gasteiger partial charge in [0.1, 0.15) is 5.75 Å². The molecule has 2 aromatic rings. The summed E-state index contributed by atoms with van der Waals surface area (Å²) in [6.07, 6.45) is 1.53. The van der Waals surface area contributed by atoms with Crippen molar-refractivity contribution in [2.45, 2.75) is 0 Å². The smallest absolute Gasteiger partial charge is 0.277 e. The van der Waals surface area contributed by atoms with Crippen molar-refractivity contribution >= 4 is 46.9 Å². The van der Waals surface area contributed by atoms with Crippen LogP contribution in [-0.2, 0) is 4.79 Å². The summed E-state index contributed by atoms with van der Waals surface area (Å²) in [6.45, 7) is -0.246. The number of ether oxygens (including phenoxy) is 1. The molecular weight excluding hydrogens is 347 g/mol. The van der Waals surface area contributed by atoms with E-state index in [9.17, 15) is 4.79 Å². The molecule has 0 atom stereocenters. The Kier molecular flexibility index (Phi) is 6.07. The van der Waals surface area contributed by atoms with Crippen molar-refractivity contribution in [3.8, 4) is 5.75 Å². The lowest BCUT2D eigenvalue weighted by Crippen LogP contribution is -2.24. The van der Waals surface area contributed by atoms with Crippen LogP contribution in [0.2, 0.25) is 15.1 Å². The SMILES string of the molecule is O=C(COc1cc(Cl)c(Cl)cc1Cl)N/N=C/c1ccccc1. The number of rotatable bonds is 5. The van der Waals surface area contributed by atoms with Crippen LogP contribution >= 0.6 is 34.8 Å². The summed E-state index contributed by atoms with van der Waals surface area (Å²) in [4.78, 5) is 11.6. The number of nitrogens with one attached hydrogen (secondary N) is 1. The number of benzene rings is 2. The third-order valence-electron chi connectivity index (χ3n) is 2.54. The zero-order valence-corrected chi connectivity index (χ0v) is 13.5. The molecule has 0 heterocycles. The highest BCUT2D eigenvalue weighted by molar-refractivity contribution is 6.43. The maximum absolute atomic E-state index is 11.6. The van der Waals surface area contributed by atoms with E-state index in [1.165, 1.54) is 18.3 Å². The van der Waals surface area contributed by atoms with E-state index in [-0.39, 0.29) is 17.4 Å². The fourth-order valence-electron chi connectivity index (χ4n) is 1.51. The van der Waals surface area contributed by atoms with Gasteiger partial charge in [0.05, 0.1) is 21.3 Å². The number of amides is 1. The van der Waals surface area contributed by atoms with Gasteiger partial charge < -0.3 is 4.74 Å². The zero-order valence-electron chi connectivity index (χ0n) is 11.2. The molecule has 0 saturated carbocycles. The minimum atomic E-state index is -0.422. The quantitative estimate of drug-likeness (QED) is 0.496. The summed E-state index contributed by atoms with van der Waals surface area (Å²) in [5.41, 5.74) is 3.22. The molecule has 0 fully saturated rings. The Balaban J connectivity index is 1.86. The minimum Gasteiger partial charge on any atom is -0.482 e. The number of nitrogens with zero attached hydrogens (tertiary/aromatic N) is 1. The molecule has 0 aromatic heterocycles. The number of halogens is 3. The fraction of sp³-hybridized carbons (Fsp3) is 0.0667. The molecule has 1 amide bonds. The molecule has 114 valence electrons. The van der Waals surface area contributed by atoms with Crippen molar-refractivity contribution in [1.29, 1.82) is 0 Å². The standard InChI is InChI=1S/C15H11Cl3N2O2/c16-11-6-13(18)14(7-12(11)17)22-9-15(21)20-19-8-10-4-2-1-3-5-10/h1-8H,9H2,(H,20,21)/b19-8+. The molecule has 7 heteroatoms. The van der Waals surface area contributed by atoms with Gasteiger partial charge in [-0.3, -0.25) is 4.79 Å². The summed E-state index contributed by atoms with van der Waals surface area (Å²) in [6, 6.07) is 12.3. The van der Waals surface area contributed by atoms with E-state index in [0.29, 0.717) is 10.0 Å². The maximum Gasteiger partial charge on any atom is 0.277 e. The van der Waals surface area contributed by atoms with Crippen molar-refractivity contribution < 1.29 is 9.53 Å². The van der Waals surface area contributed by atoms with E-state index >= 15 is 0 Å². The Morgan fingerprint density at radius 2 is 1.77 bits per heavy atom. The van der Waals surface area contributed by atoms with Gasteiger partial charge in [-0.15, -0.1) is 0 Å². The maximum atomic E-state index is 11.6. The lowest BCUT2D eigenvalue weighted by Gasteiger charge is -2.08. The highest BCUT2D eigenvalue weighted by Gasteiger charge is 2.09. The highest BCUT2D eigenvalue weighted by Crippen LogP contribution is 2.33. The van der Waals surface area contributed by atoms with Crippen LogP contribution in [0.25, 0.3) is 0 Å². The van der Waals surface area contributed by atoms with Gasteiger partial charge in [0, 0.05) is 6.07 Å². The average Bonchev–Trinajstić information content (AvgIpc) is 2.50. The van der Waals surface area contributed by atoms with Gasteiger partial charge in [-0.1, -0.05) is 65.1 Å². The second-order valence-corrected chi connectivity index (χ2v) is 5.41. The molecule has 22 heavy (non-hydrogen) atoms. The van der Waals surface area contributed by atoms with Crippen LogP contribution in [0.5, 0.6) is 5.75 Å². The first-order valence-electron chi connectivity index (χ1n) is 6.20. The third kappa shape index (κ3) is 4.91. The molecule has 2 rings (SSSR count). The average molecular weight is 358 g/mol. The van der Waals surface area contributed by atoms with Gasteiger partial charge in [0.25, 0.3) is 5.91 Å². The predicted molar refractivity (Wildman–Crippen MR) is 89.1 cm³/mol. The van der Waals surface area contributed by atoms with E-state index in [1.54, 1.807) is 0 Å². The normalized spacial score (nSPS) is 10.7. The molecule has 0 aliphatic rings. The first kappa shape index (κ1) is 16.6. The Labute approximate surface area is 142 Å². The molecule has 0 spiro atoms. The van der Waals surface area contributed by atoms with Gasteiger partial charge in [0.15, 0.2) is 6.61 Å². The lowest BCUT2D eigenvalue weighted by molar-refractivity contribution is -0.123. The second kappa shape index (κ2) is 8.03. The fourth-order valence-corrected chi connectivity index (χ4v) is 2.10. The van der Waals surface area contributed by atoms with Crippen LogP contribution in [0.4, 0.5) is 0 Å². The summed E-state index contributed by atoms with van der Waals surface area (Å²) >= 11 is 17.6. The highest BCUT2D eigenvalue weighted by atomic mass is 35.5. The molecule has 0 aliphatic heterocycles. The van der Waals surface area contributed by atoms with Gasteiger partial charge in [-0.2, -0.15) is 5.10 Å². The van der Waals surface area contributed by atoms with Crippen molar-refractivity contribution in [2.75, 3.05) is 6.61 Å². The van der Waals surface area contributed by atoms with E-state index in [2.05, 4.69) is 10.5 Å². The van der Waals surface area contributed by atoms with Crippen LogP contribution in [0.3, 0.4) is 0 Å². The number of hydrogen-bond donors (Lipinski definition) is 1.